The molecule has 1 unspecified atom stereocenters. The van der Waals surface area contributed by atoms with E-state index in [1.165, 1.54) is 6.20 Å². The second-order valence-corrected chi connectivity index (χ2v) is 6.47. The van der Waals surface area contributed by atoms with E-state index >= 15 is 0 Å². The Morgan fingerprint density at radius 3 is 2.67 bits per heavy atom. The third kappa shape index (κ3) is 3.22. The molecule has 128 valence electrons. The number of aliphatic hydroxyl groups excluding tert-OH is 1. The van der Waals surface area contributed by atoms with Crippen molar-refractivity contribution in [3.8, 4) is 0 Å². The van der Waals surface area contributed by atoms with Crippen LogP contribution in [0, 0.1) is 5.92 Å². The molecule has 0 spiro atoms. The molecule has 8 heteroatoms. The molecule has 1 fully saturated rings. The van der Waals surface area contributed by atoms with Crippen molar-refractivity contribution in [2.45, 2.75) is 18.9 Å². The maximum atomic E-state index is 11.2. The van der Waals surface area contributed by atoms with Crippen molar-refractivity contribution in [3.63, 3.8) is 0 Å². The Labute approximate surface area is 145 Å². The van der Waals surface area contributed by atoms with Crippen LogP contribution in [0.1, 0.15) is 35.1 Å². The topological polar surface area (TPSA) is 97.3 Å². The summed E-state index contributed by atoms with van der Waals surface area (Å²) in [6.45, 7) is 1.46. The number of aryl methyl sites for hydroxylation is 1. The molecular formula is C16H20ClN5O2. The predicted octanol–water partition coefficient (Wildman–Crippen LogP) is 1.52. The second-order valence-electron chi connectivity index (χ2n) is 6.06. The van der Waals surface area contributed by atoms with Gasteiger partial charge in [0.05, 0.1) is 10.6 Å². The Bertz CT molecular complexity index is 740. The molecule has 0 aliphatic carbocycles. The number of anilines is 1. The maximum Gasteiger partial charge on any atom is 0.250 e. The highest BCUT2D eigenvalue weighted by Crippen LogP contribution is 2.33. The van der Waals surface area contributed by atoms with E-state index < -0.39 is 12.0 Å². The van der Waals surface area contributed by atoms with Crippen LogP contribution >= 0.6 is 11.6 Å². The number of hydrogen-bond donors (Lipinski definition) is 2. The van der Waals surface area contributed by atoms with Gasteiger partial charge >= 0.3 is 0 Å². The number of nitrogens with two attached hydrogens (primary N) is 1. The lowest BCUT2D eigenvalue weighted by molar-refractivity contribution is 0.0824. The Hall–Kier alpha value is -2.12. The number of hydrogen-bond acceptors (Lipinski definition) is 5. The van der Waals surface area contributed by atoms with Crippen LogP contribution in [-0.2, 0) is 7.05 Å². The number of halogens is 1. The lowest BCUT2D eigenvalue weighted by Gasteiger charge is -2.35. The summed E-state index contributed by atoms with van der Waals surface area (Å²) in [5.74, 6) is 0.931. The van der Waals surface area contributed by atoms with Crippen LogP contribution < -0.4 is 10.6 Å². The van der Waals surface area contributed by atoms with Crippen LogP contribution in [0.4, 0.5) is 5.82 Å². The fourth-order valence-corrected chi connectivity index (χ4v) is 3.38. The zero-order valence-corrected chi connectivity index (χ0v) is 14.1. The molecule has 1 atom stereocenters. The number of carbonyl (C=O) groups is 1. The quantitative estimate of drug-likeness (QED) is 0.872. The minimum atomic E-state index is -0.576. The SMILES string of the molecule is Cn1ccnc1C(O)C1CCN(c2ncc(C(N)=O)cc2Cl)CC1. The number of aromatic nitrogens is 3. The summed E-state index contributed by atoms with van der Waals surface area (Å²) in [5, 5.41) is 10.9. The van der Waals surface area contributed by atoms with Crippen molar-refractivity contribution in [2.24, 2.45) is 18.7 Å². The molecule has 3 rings (SSSR count). The number of amides is 1. The number of rotatable bonds is 4. The van der Waals surface area contributed by atoms with Gasteiger partial charge < -0.3 is 20.3 Å². The smallest absolute Gasteiger partial charge is 0.250 e. The van der Waals surface area contributed by atoms with Crippen LogP contribution in [0.25, 0.3) is 0 Å². The Kier molecular flexibility index (Phi) is 4.73. The molecule has 1 saturated heterocycles. The average Bonchev–Trinajstić information content (AvgIpc) is 3.00. The Morgan fingerprint density at radius 1 is 1.42 bits per heavy atom. The molecule has 3 heterocycles. The van der Waals surface area contributed by atoms with E-state index in [0.29, 0.717) is 22.2 Å². The number of carbonyl (C=O) groups excluding carboxylic acids is 1. The summed E-state index contributed by atoms with van der Waals surface area (Å²) in [4.78, 5) is 21.7. The highest BCUT2D eigenvalue weighted by atomic mass is 35.5. The van der Waals surface area contributed by atoms with E-state index in [1.807, 2.05) is 17.8 Å². The van der Waals surface area contributed by atoms with Gasteiger partial charge in [-0.25, -0.2) is 9.97 Å². The Morgan fingerprint density at radius 2 is 2.12 bits per heavy atom. The number of nitrogens with zero attached hydrogens (tertiary/aromatic N) is 4. The third-order valence-electron chi connectivity index (χ3n) is 4.51. The van der Waals surface area contributed by atoms with Gasteiger partial charge in [0.25, 0.3) is 0 Å². The van der Waals surface area contributed by atoms with Gasteiger partial charge in [-0.05, 0) is 24.8 Å². The van der Waals surface area contributed by atoms with Gasteiger partial charge in [-0.3, -0.25) is 4.79 Å². The minimum Gasteiger partial charge on any atom is -0.385 e. The molecule has 1 aliphatic heterocycles. The summed E-state index contributed by atoms with van der Waals surface area (Å²) < 4.78 is 1.85. The standard InChI is InChI=1S/C16H20ClN5O2/c1-21-7-4-19-16(21)13(23)10-2-5-22(6-3-10)15-12(17)8-11(9-20-15)14(18)24/h4,7-10,13,23H,2-3,5-6H2,1H3,(H2,18,24). The lowest BCUT2D eigenvalue weighted by atomic mass is 9.90. The van der Waals surface area contributed by atoms with E-state index in [-0.39, 0.29) is 5.92 Å². The van der Waals surface area contributed by atoms with E-state index in [0.717, 1.165) is 25.9 Å². The first-order chi connectivity index (χ1) is 11.5. The van der Waals surface area contributed by atoms with E-state index in [4.69, 9.17) is 17.3 Å². The molecule has 2 aromatic heterocycles. The molecule has 2 aromatic rings. The maximum absolute atomic E-state index is 11.2. The van der Waals surface area contributed by atoms with Crippen molar-refractivity contribution in [3.05, 3.63) is 41.1 Å². The number of imidazole rings is 1. The first-order valence-electron chi connectivity index (χ1n) is 7.83. The summed E-state index contributed by atoms with van der Waals surface area (Å²) in [6.07, 6.45) is 6.01. The normalized spacial score (nSPS) is 17.0. The van der Waals surface area contributed by atoms with E-state index in [9.17, 15) is 9.90 Å². The third-order valence-corrected chi connectivity index (χ3v) is 4.79. The molecule has 0 bridgehead atoms. The second kappa shape index (κ2) is 6.78. The van der Waals surface area contributed by atoms with Gasteiger partial charge in [-0.15, -0.1) is 0 Å². The summed E-state index contributed by atoms with van der Waals surface area (Å²) in [7, 11) is 1.88. The predicted molar refractivity (Wildman–Crippen MR) is 90.9 cm³/mol. The Balaban J connectivity index is 1.67. The zero-order chi connectivity index (χ0) is 17.3. The van der Waals surface area contributed by atoms with Gasteiger partial charge in [0.1, 0.15) is 17.7 Å². The molecule has 0 saturated carbocycles. The van der Waals surface area contributed by atoms with Crippen LogP contribution in [-0.4, -0.2) is 38.6 Å². The average molecular weight is 350 g/mol. The van der Waals surface area contributed by atoms with Crippen LogP contribution in [0.5, 0.6) is 0 Å². The molecular weight excluding hydrogens is 330 g/mol. The summed E-state index contributed by atoms with van der Waals surface area (Å²) in [6, 6.07) is 1.54. The van der Waals surface area contributed by atoms with E-state index in [2.05, 4.69) is 14.9 Å². The highest BCUT2D eigenvalue weighted by Gasteiger charge is 2.29. The fraction of sp³-hybridized carbons (Fsp3) is 0.438. The molecule has 1 aliphatic rings. The van der Waals surface area contributed by atoms with Gasteiger partial charge in [-0.2, -0.15) is 0 Å². The van der Waals surface area contributed by atoms with Crippen LogP contribution in [0.15, 0.2) is 24.7 Å². The fourth-order valence-electron chi connectivity index (χ4n) is 3.10. The zero-order valence-electron chi connectivity index (χ0n) is 13.4. The van der Waals surface area contributed by atoms with Crippen molar-refractivity contribution < 1.29 is 9.90 Å². The van der Waals surface area contributed by atoms with Crippen molar-refractivity contribution >= 4 is 23.3 Å². The molecule has 3 N–H and O–H groups in total. The van der Waals surface area contributed by atoms with Gasteiger partial charge in [-0.1, -0.05) is 11.6 Å². The molecule has 0 aromatic carbocycles. The van der Waals surface area contributed by atoms with Crippen molar-refractivity contribution in [1.29, 1.82) is 0 Å². The number of aliphatic hydroxyl groups is 1. The van der Waals surface area contributed by atoms with Gasteiger partial charge in [0.2, 0.25) is 5.91 Å². The molecule has 24 heavy (non-hydrogen) atoms. The lowest BCUT2D eigenvalue weighted by Crippen LogP contribution is -2.36. The number of pyridine rings is 1. The molecule has 1 amide bonds. The van der Waals surface area contributed by atoms with Gasteiger partial charge in [0, 0.05) is 38.7 Å². The molecule has 0 radical (unpaired) electrons. The number of piperidine rings is 1. The largest absolute Gasteiger partial charge is 0.385 e. The van der Waals surface area contributed by atoms with Crippen LogP contribution in [0.2, 0.25) is 5.02 Å². The monoisotopic (exact) mass is 349 g/mol. The summed E-state index contributed by atoms with van der Waals surface area (Å²) >= 11 is 6.23. The van der Waals surface area contributed by atoms with Crippen LogP contribution in [0.3, 0.4) is 0 Å². The first-order valence-corrected chi connectivity index (χ1v) is 8.20. The van der Waals surface area contributed by atoms with Crippen molar-refractivity contribution in [2.75, 3.05) is 18.0 Å². The number of primary amides is 1. The summed E-state index contributed by atoms with van der Waals surface area (Å²) in [5.41, 5.74) is 5.53. The van der Waals surface area contributed by atoms with Gasteiger partial charge in [0.15, 0.2) is 0 Å². The minimum absolute atomic E-state index is 0.144. The molecule has 7 nitrogen and oxygen atoms in total. The first kappa shape index (κ1) is 16.7. The highest BCUT2D eigenvalue weighted by molar-refractivity contribution is 6.33. The van der Waals surface area contributed by atoms with Crippen molar-refractivity contribution in [1.82, 2.24) is 14.5 Å². The van der Waals surface area contributed by atoms with E-state index in [1.54, 1.807) is 12.3 Å².